The maximum atomic E-state index is 13.2. The molecule has 0 bridgehead atoms. The first-order chi connectivity index (χ1) is 10.4. The number of aliphatic hydroxyl groups excluding tert-OH is 1. The largest absolute Gasteiger partial charge is 0.388 e. The molecule has 3 unspecified atom stereocenters. The van der Waals surface area contributed by atoms with Gasteiger partial charge in [0.1, 0.15) is 5.82 Å². The lowest BCUT2D eigenvalue weighted by Gasteiger charge is -2.37. The second-order valence-corrected chi connectivity index (χ2v) is 5.85. The van der Waals surface area contributed by atoms with E-state index in [0.29, 0.717) is 18.4 Å². The Morgan fingerprint density at radius 2 is 2.18 bits per heavy atom. The third kappa shape index (κ3) is 3.82. The molecule has 1 aliphatic rings. The quantitative estimate of drug-likeness (QED) is 0.881. The van der Waals surface area contributed by atoms with Gasteiger partial charge in [-0.1, -0.05) is 12.1 Å². The van der Waals surface area contributed by atoms with Gasteiger partial charge in [-0.2, -0.15) is 0 Å². The fraction of sp³-hybridized carbons (Fsp3) is 0.500. The van der Waals surface area contributed by atoms with Gasteiger partial charge in [0.05, 0.1) is 18.4 Å². The summed E-state index contributed by atoms with van der Waals surface area (Å²) in [4.78, 5) is 25.3. The predicted octanol–water partition coefficient (Wildman–Crippen LogP) is 1.36. The molecule has 0 saturated carbocycles. The highest BCUT2D eigenvalue weighted by atomic mass is 19.1. The van der Waals surface area contributed by atoms with Crippen LogP contribution in [0.2, 0.25) is 0 Å². The van der Waals surface area contributed by atoms with E-state index in [0.717, 1.165) is 0 Å². The third-order valence-electron chi connectivity index (χ3n) is 4.21. The Hall–Kier alpha value is -1.95. The summed E-state index contributed by atoms with van der Waals surface area (Å²) in [6, 6.07) is 5.56. The van der Waals surface area contributed by atoms with Crippen LogP contribution in [0.1, 0.15) is 37.9 Å². The minimum absolute atomic E-state index is 0.00260. The lowest BCUT2D eigenvalue weighted by Crippen LogP contribution is -2.48. The summed E-state index contributed by atoms with van der Waals surface area (Å²) in [6.45, 7) is 2.19. The first-order valence-corrected chi connectivity index (χ1v) is 7.40. The van der Waals surface area contributed by atoms with Crippen LogP contribution in [-0.2, 0) is 9.59 Å². The number of likely N-dealkylation sites (tertiary alicyclic amines) is 1. The van der Waals surface area contributed by atoms with Crippen LogP contribution < -0.4 is 5.73 Å². The van der Waals surface area contributed by atoms with Crippen LogP contribution in [0.5, 0.6) is 0 Å². The standard InChI is InChI=1S/C16H21FN2O3/c1-10-5-6-12(16(18)22)9-19(10)15(21)8-14(20)11-3-2-4-13(17)7-11/h2-4,7,10,12,14,20H,5-6,8-9H2,1H3,(H2,18,22). The number of primary amides is 1. The molecule has 1 fully saturated rings. The Balaban J connectivity index is 2.02. The van der Waals surface area contributed by atoms with E-state index >= 15 is 0 Å². The van der Waals surface area contributed by atoms with Crippen molar-refractivity contribution in [3.8, 4) is 0 Å². The molecule has 22 heavy (non-hydrogen) atoms. The molecular weight excluding hydrogens is 287 g/mol. The molecular formula is C16H21FN2O3. The number of rotatable bonds is 4. The van der Waals surface area contributed by atoms with Gasteiger partial charge in [-0.15, -0.1) is 0 Å². The average molecular weight is 308 g/mol. The highest BCUT2D eigenvalue weighted by Gasteiger charge is 2.32. The van der Waals surface area contributed by atoms with Crippen molar-refractivity contribution in [1.82, 2.24) is 4.90 Å². The molecule has 0 spiro atoms. The Morgan fingerprint density at radius 1 is 1.45 bits per heavy atom. The summed E-state index contributed by atoms with van der Waals surface area (Å²) in [5.41, 5.74) is 5.68. The second-order valence-electron chi connectivity index (χ2n) is 5.85. The Bertz CT molecular complexity index is 564. The van der Waals surface area contributed by atoms with Crippen LogP contribution in [0.25, 0.3) is 0 Å². The molecule has 120 valence electrons. The van der Waals surface area contributed by atoms with E-state index in [1.807, 2.05) is 6.92 Å². The Morgan fingerprint density at radius 3 is 2.82 bits per heavy atom. The topological polar surface area (TPSA) is 83.6 Å². The molecule has 2 amide bonds. The number of nitrogens with two attached hydrogens (primary N) is 1. The molecule has 1 saturated heterocycles. The van der Waals surface area contributed by atoms with Gasteiger partial charge in [-0.25, -0.2) is 4.39 Å². The van der Waals surface area contributed by atoms with E-state index < -0.39 is 17.8 Å². The van der Waals surface area contributed by atoms with Gasteiger partial charge < -0.3 is 15.7 Å². The number of hydrogen-bond donors (Lipinski definition) is 2. The molecule has 0 aromatic heterocycles. The van der Waals surface area contributed by atoms with E-state index in [4.69, 9.17) is 5.73 Å². The molecule has 0 aliphatic carbocycles. The summed E-state index contributed by atoms with van der Waals surface area (Å²) in [5.74, 6) is -1.46. The monoisotopic (exact) mass is 308 g/mol. The maximum absolute atomic E-state index is 13.2. The molecule has 2 rings (SSSR count). The van der Waals surface area contributed by atoms with Gasteiger partial charge in [-0.3, -0.25) is 9.59 Å². The van der Waals surface area contributed by atoms with Crippen LogP contribution in [0.4, 0.5) is 4.39 Å². The number of carbonyl (C=O) groups excluding carboxylic acids is 2. The van der Waals surface area contributed by atoms with Crippen molar-refractivity contribution < 1.29 is 19.1 Å². The molecule has 3 N–H and O–H groups in total. The smallest absolute Gasteiger partial charge is 0.225 e. The Labute approximate surface area is 128 Å². The SMILES string of the molecule is CC1CCC(C(N)=O)CN1C(=O)CC(O)c1cccc(F)c1. The minimum Gasteiger partial charge on any atom is -0.388 e. The molecule has 3 atom stereocenters. The summed E-state index contributed by atoms with van der Waals surface area (Å²) in [5, 5.41) is 10.1. The highest BCUT2D eigenvalue weighted by Crippen LogP contribution is 2.25. The summed E-state index contributed by atoms with van der Waals surface area (Å²) < 4.78 is 13.2. The number of benzene rings is 1. The highest BCUT2D eigenvalue weighted by molar-refractivity contribution is 5.80. The zero-order chi connectivity index (χ0) is 16.3. The second kappa shape index (κ2) is 6.87. The van der Waals surface area contributed by atoms with E-state index in [2.05, 4.69) is 0 Å². The van der Waals surface area contributed by atoms with Crippen LogP contribution in [0.15, 0.2) is 24.3 Å². The molecule has 1 aromatic rings. The first kappa shape index (κ1) is 16.4. The van der Waals surface area contributed by atoms with Gasteiger partial charge in [0.2, 0.25) is 11.8 Å². The molecule has 0 radical (unpaired) electrons. The first-order valence-electron chi connectivity index (χ1n) is 7.40. The van der Waals surface area contributed by atoms with E-state index in [9.17, 15) is 19.1 Å². The van der Waals surface area contributed by atoms with Crippen molar-refractivity contribution >= 4 is 11.8 Å². The van der Waals surface area contributed by atoms with Gasteiger partial charge in [0, 0.05) is 12.6 Å². The number of halogens is 1. The maximum Gasteiger partial charge on any atom is 0.225 e. The van der Waals surface area contributed by atoms with Gasteiger partial charge in [0.25, 0.3) is 0 Å². The normalized spacial score (nSPS) is 23.1. The van der Waals surface area contributed by atoms with E-state index in [1.54, 1.807) is 11.0 Å². The van der Waals surface area contributed by atoms with Crippen molar-refractivity contribution in [2.75, 3.05) is 6.54 Å². The van der Waals surface area contributed by atoms with Gasteiger partial charge in [0.15, 0.2) is 0 Å². The third-order valence-corrected chi connectivity index (χ3v) is 4.21. The predicted molar refractivity (Wildman–Crippen MR) is 79.1 cm³/mol. The van der Waals surface area contributed by atoms with Crippen LogP contribution in [-0.4, -0.2) is 34.4 Å². The van der Waals surface area contributed by atoms with Crippen molar-refractivity contribution in [2.45, 2.75) is 38.3 Å². The molecule has 5 nitrogen and oxygen atoms in total. The number of amides is 2. The minimum atomic E-state index is -1.07. The lowest BCUT2D eigenvalue weighted by atomic mass is 9.92. The van der Waals surface area contributed by atoms with Gasteiger partial charge in [-0.05, 0) is 37.5 Å². The lowest BCUT2D eigenvalue weighted by molar-refractivity contribution is -0.139. The van der Waals surface area contributed by atoms with Crippen LogP contribution in [0, 0.1) is 11.7 Å². The number of nitrogens with zero attached hydrogens (tertiary/aromatic N) is 1. The van der Waals surface area contributed by atoms with E-state index in [1.165, 1.54) is 18.2 Å². The fourth-order valence-electron chi connectivity index (χ4n) is 2.80. The zero-order valence-corrected chi connectivity index (χ0v) is 12.5. The van der Waals surface area contributed by atoms with Crippen LogP contribution in [0.3, 0.4) is 0 Å². The molecule has 1 heterocycles. The number of piperidine rings is 1. The van der Waals surface area contributed by atoms with Crippen LogP contribution >= 0.6 is 0 Å². The van der Waals surface area contributed by atoms with Crippen molar-refractivity contribution in [2.24, 2.45) is 11.7 Å². The summed E-state index contributed by atoms with van der Waals surface area (Å²) in [7, 11) is 0. The van der Waals surface area contributed by atoms with Crippen molar-refractivity contribution in [1.29, 1.82) is 0 Å². The molecule has 6 heteroatoms. The number of carbonyl (C=O) groups is 2. The average Bonchev–Trinajstić information content (AvgIpc) is 2.47. The molecule has 1 aliphatic heterocycles. The Kier molecular flexibility index (Phi) is 5.13. The van der Waals surface area contributed by atoms with Gasteiger partial charge >= 0.3 is 0 Å². The van der Waals surface area contributed by atoms with Crippen molar-refractivity contribution in [3.63, 3.8) is 0 Å². The van der Waals surface area contributed by atoms with Crippen molar-refractivity contribution in [3.05, 3.63) is 35.6 Å². The molecule has 1 aromatic carbocycles. The number of aliphatic hydroxyl groups is 1. The zero-order valence-electron chi connectivity index (χ0n) is 12.5. The number of hydrogen-bond acceptors (Lipinski definition) is 3. The summed E-state index contributed by atoms with van der Waals surface area (Å²) >= 11 is 0. The summed E-state index contributed by atoms with van der Waals surface area (Å²) in [6.07, 6.45) is 0.172. The fourth-order valence-corrected chi connectivity index (χ4v) is 2.80. The van der Waals surface area contributed by atoms with E-state index in [-0.39, 0.29) is 30.8 Å².